The molecule has 29 heavy (non-hydrogen) atoms. The largest absolute Gasteiger partial charge is 0.461 e. The van der Waals surface area contributed by atoms with Crippen LogP contribution in [0.3, 0.4) is 0 Å². The first-order valence-electron chi connectivity index (χ1n) is 9.88. The summed E-state index contributed by atoms with van der Waals surface area (Å²) in [6.07, 6.45) is 1.13. The highest BCUT2D eigenvalue weighted by molar-refractivity contribution is 5.99. The topological polar surface area (TPSA) is 87.5 Å². The fourth-order valence-electron chi connectivity index (χ4n) is 3.03. The molecule has 0 saturated carbocycles. The third-order valence-corrected chi connectivity index (χ3v) is 4.61. The van der Waals surface area contributed by atoms with Crippen LogP contribution in [0.2, 0.25) is 0 Å². The maximum atomic E-state index is 12.9. The molecule has 0 aliphatic carbocycles. The lowest BCUT2D eigenvalue weighted by Crippen LogP contribution is -2.19. The van der Waals surface area contributed by atoms with E-state index in [9.17, 15) is 14.4 Å². The van der Waals surface area contributed by atoms with Crippen LogP contribution in [0.25, 0.3) is 0 Å². The number of carbonyl (C=O) groups is 3. The first kappa shape index (κ1) is 22.3. The predicted molar refractivity (Wildman–Crippen MR) is 108 cm³/mol. The molecule has 1 aromatic heterocycles. The number of rotatable bonds is 9. The molecule has 0 spiro atoms. The van der Waals surface area contributed by atoms with Gasteiger partial charge in [-0.05, 0) is 51.3 Å². The normalized spacial score (nSPS) is 10.7. The Kier molecular flexibility index (Phi) is 7.70. The zero-order valence-electron chi connectivity index (χ0n) is 17.7. The van der Waals surface area contributed by atoms with Crippen molar-refractivity contribution in [1.29, 1.82) is 0 Å². The van der Waals surface area contributed by atoms with E-state index in [1.54, 1.807) is 19.9 Å². The zero-order valence-corrected chi connectivity index (χ0v) is 17.7. The number of benzene rings is 1. The Morgan fingerprint density at radius 2 is 1.62 bits per heavy atom. The number of aromatic nitrogens is 2. The highest BCUT2D eigenvalue weighted by atomic mass is 16.5. The Labute approximate surface area is 171 Å². The molecule has 1 aromatic carbocycles. The van der Waals surface area contributed by atoms with Gasteiger partial charge in [-0.2, -0.15) is 5.10 Å². The summed E-state index contributed by atoms with van der Waals surface area (Å²) in [6.45, 7) is 9.42. The molecule has 0 N–H and O–H groups in total. The zero-order chi connectivity index (χ0) is 21.6. The smallest absolute Gasteiger partial charge is 0.359 e. The van der Waals surface area contributed by atoms with Crippen molar-refractivity contribution in [3.05, 3.63) is 51.8 Å². The lowest BCUT2D eigenvalue weighted by Gasteiger charge is -2.09. The Bertz CT molecular complexity index is 914. The van der Waals surface area contributed by atoms with Crippen molar-refractivity contribution in [2.24, 2.45) is 0 Å². The number of ketones is 1. The van der Waals surface area contributed by atoms with E-state index in [0.29, 0.717) is 24.0 Å². The van der Waals surface area contributed by atoms with Crippen LogP contribution in [0.15, 0.2) is 18.2 Å². The number of aryl methyl sites for hydroxylation is 2. The van der Waals surface area contributed by atoms with E-state index in [0.717, 1.165) is 11.1 Å². The van der Waals surface area contributed by atoms with Gasteiger partial charge in [0.1, 0.15) is 6.54 Å². The minimum absolute atomic E-state index is 0.0599. The molecule has 0 aliphatic heterocycles. The summed E-state index contributed by atoms with van der Waals surface area (Å²) < 4.78 is 11.5. The summed E-state index contributed by atoms with van der Waals surface area (Å²) in [7, 11) is 0. The Morgan fingerprint density at radius 3 is 2.21 bits per heavy atom. The van der Waals surface area contributed by atoms with E-state index >= 15 is 0 Å². The molecular formula is C22H28N2O5. The summed E-state index contributed by atoms with van der Waals surface area (Å²) in [4.78, 5) is 37.9. The van der Waals surface area contributed by atoms with E-state index in [-0.39, 0.29) is 36.9 Å². The number of Topliss-reactive ketones (excluding diaryl/α,β-unsaturated/α-hetero) is 1. The van der Waals surface area contributed by atoms with E-state index < -0.39 is 11.9 Å². The first-order valence-corrected chi connectivity index (χ1v) is 9.88. The SMILES string of the molecule is CCCc1c(C(=O)OCC)nn(CC(=O)c2ccc(C)c(C)c2)c1C(=O)OCC. The van der Waals surface area contributed by atoms with Crippen LogP contribution in [0.1, 0.15) is 75.2 Å². The quantitative estimate of drug-likeness (QED) is 0.471. The lowest BCUT2D eigenvalue weighted by molar-refractivity contribution is 0.0505. The minimum Gasteiger partial charge on any atom is -0.461 e. The highest BCUT2D eigenvalue weighted by Gasteiger charge is 2.29. The van der Waals surface area contributed by atoms with Gasteiger partial charge in [-0.3, -0.25) is 4.79 Å². The molecule has 0 unspecified atom stereocenters. The summed E-state index contributed by atoms with van der Waals surface area (Å²) in [5.41, 5.74) is 3.26. The van der Waals surface area contributed by atoms with Crippen LogP contribution < -0.4 is 0 Å². The van der Waals surface area contributed by atoms with Crippen LogP contribution in [0.5, 0.6) is 0 Å². The average Bonchev–Trinajstić information content (AvgIpc) is 3.02. The van der Waals surface area contributed by atoms with Crippen LogP contribution in [-0.4, -0.2) is 40.7 Å². The second-order valence-corrected chi connectivity index (χ2v) is 6.75. The lowest BCUT2D eigenvalue weighted by atomic mass is 10.0. The van der Waals surface area contributed by atoms with Crippen molar-refractivity contribution >= 4 is 17.7 Å². The van der Waals surface area contributed by atoms with Gasteiger partial charge in [0.2, 0.25) is 0 Å². The fraction of sp³-hybridized carbons (Fsp3) is 0.455. The summed E-state index contributed by atoms with van der Waals surface area (Å²) in [5.74, 6) is -1.43. The standard InChI is InChI=1S/C22H28N2O5/c1-6-9-17-19(21(26)28-7-2)23-24(20(17)22(27)29-8-3)13-18(25)16-11-10-14(4)15(5)12-16/h10-12H,6-9,13H2,1-5H3. The van der Waals surface area contributed by atoms with Crippen molar-refractivity contribution in [2.75, 3.05) is 13.2 Å². The Balaban J connectivity index is 2.51. The summed E-state index contributed by atoms with van der Waals surface area (Å²) in [6, 6.07) is 5.44. The molecule has 0 atom stereocenters. The number of hydrogen-bond donors (Lipinski definition) is 0. The van der Waals surface area contributed by atoms with E-state index in [1.807, 2.05) is 32.9 Å². The first-order chi connectivity index (χ1) is 13.8. The number of carbonyl (C=O) groups excluding carboxylic acids is 3. The monoisotopic (exact) mass is 400 g/mol. The van der Waals surface area contributed by atoms with Crippen molar-refractivity contribution in [3.63, 3.8) is 0 Å². The fourth-order valence-corrected chi connectivity index (χ4v) is 3.03. The van der Waals surface area contributed by atoms with Crippen molar-refractivity contribution in [2.45, 2.75) is 54.0 Å². The van der Waals surface area contributed by atoms with Crippen molar-refractivity contribution < 1.29 is 23.9 Å². The maximum Gasteiger partial charge on any atom is 0.359 e. The number of ether oxygens (including phenoxy) is 2. The Morgan fingerprint density at radius 1 is 0.966 bits per heavy atom. The molecule has 2 rings (SSSR count). The number of esters is 2. The number of nitrogens with zero attached hydrogens (tertiary/aromatic N) is 2. The van der Waals surface area contributed by atoms with Crippen LogP contribution in [0.4, 0.5) is 0 Å². The van der Waals surface area contributed by atoms with Gasteiger partial charge in [-0.15, -0.1) is 0 Å². The molecule has 7 nitrogen and oxygen atoms in total. The second kappa shape index (κ2) is 10.0. The van der Waals surface area contributed by atoms with Gasteiger partial charge in [0.05, 0.1) is 13.2 Å². The molecule has 0 amide bonds. The molecule has 0 aliphatic rings. The van der Waals surface area contributed by atoms with Gasteiger partial charge in [-0.25, -0.2) is 14.3 Å². The van der Waals surface area contributed by atoms with Crippen LogP contribution in [0, 0.1) is 13.8 Å². The molecule has 0 bridgehead atoms. The minimum atomic E-state index is -0.612. The van der Waals surface area contributed by atoms with Gasteiger partial charge < -0.3 is 9.47 Å². The van der Waals surface area contributed by atoms with Gasteiger partial charge in [0.25, 0.3) is 0 Å². The molecule has 0 saturated heterocycles. The van der Waals surface area contributed by atoms with Gasteiger partial charge in [0.15, 0.2) is 17.2 Å². The molecule has 2 aromatic rings. The van der Waals surface area contributed by atoms with Crippen LogP contribution in [-0.2, 0) is 22.4 Å². The third kappa shape index (κ3) is 5.10. The van der Waals surface area contributed by atoms with Gasteiger partial charge in [-0.1, -0.05) is 25.5 Å². The third-order valence-electron chi connectivity index (χ3n) is 4.61. The molecule has 0 radical (unpaired) electrons. The maximum absolute atomic E-state index is 12.9. The summed E-state index contributed by atoms with van der Waals surface area (Å²) in [5, 5.41) is 4.28. The van der Waals surface area contributed by atoms with E-state index in [2.05, 4.69) is 5.10 Å². The van der Waals surface area contributed by atoms with Crippen molar-refractivity contribution in [3.8, 4) is 0 Å². The number of hydrogen-bond acceptors (Lipinski definition) is 6. The second-order valence-electron chi connectivity index (χ2n) is 6.75. The van der Waals surface area contributed by atoms with Gasteiger partial charge >= 0.3 is 11.9 Å². The van der Waals surface area contributed by atoms with Crippen LogP contribution >= 0.6 is 0 Å². The van der Waals surface area contributed by atoms with Crippen molar-refractivity contribution in [1.82, 2.24) is 9.78 Å². The molecule has 156 valence electrons. The van der Waals surface area contributed by atoms with Gasteiger partial charge in [0, 0.05) is 11.1 Å². The Hall–Kier alpha value is -2.96. The predicted octanol–water partition coefficient (Wildman–Crippen LogP) is 3.69. The molecular weight excluding hydrogens is 372 g/mol. The van der Waals surface area contributed by atoms with E-state index in [4.69, 9.17) is 9.47 Å². The average molecular weight is 400 g/mol. The molecule has 7 heteroatoms. The molecule has 1 heterocycles. The highest BCUT2D eigenvalue weighted by Crippen LogP contribution is 2.20. The molecule has 0 fully saturated rings. The summed E-state index contributed by atoms with van der Waals surface area (Å²) >= 11 is 0. The van der Waals surface area contributed by atoms with E-state index in [1.165, 1.54) is 4.68 Å².